The molecule has 17 heavy (non-hydrogen) atoms. The minimum absolute atomic E-state index is 0.189. The van der Waals surface area contributed by atoms with Gasteiger partial charge in [-0.25, -0.2) is 4.39 Å². The molecule has 0 radical (unpaired) electrons. The molecular weight excluding hydrogens is 301 g/mol. The molecule has 1 fully saturated rings. The molecule has 1 heterocycles. The third-order valence-corrected chi connectivity index (χ3v) is 5.57. The highest BCUT2D eigenvalue weighted by molar-refractivity contribution is 9.10. The van der Waals surface area contributed by atoms with E-state index in [-0.39, 0.29) is 5.82 Å². The van der Waals surface area contributed by atoms with Crippen LogP contribution in [0.1, 0.15) is 25.3 Å². The summed E-state index contributed by atoms with van der Waals surface area (Å²) in [6.07, 6.45) is 2.58. The summed E-state index contributed by atoms with van der Waals surface area (Å²) in [5, 5.41) is 3.43. The van der Waals surface area contributed by atoms with Crippen LogP contribution >= 0.6 is 27.7 Å². The molecule has 1 saturated heterocycles. The van der Waals surface area contributed by atoms with Crippen molar-refractivity contribution >= 4 is 27.7 Å². The van der Waals surface area contributed by atoms with Gasteiger partial charge in [0.15, 0.2) is 0 Å². The maximum atomic E-state index is 13.3. The Hall–Kier alpha value is -0.0600. The zero-order valence-electron chi connectivity index (χ0n) is 9.93. The highest BCUT2D eigenvalue weighted by Crippen LogP contribution is 2.37. The van der Waals surface area contributed by atoms with Gasteiger partial charge in [-0.05, 0) is 53.1 Å². The Bertz CT molecular complexity index is 391. The molecule has 1 aliphatic rings. The van der Waals surface area contributed by atoms with Crippen LogP contribution in [0.25, 0.3) is 0 Å². The smallest absolute Gasteiger partial charge is 0.137 e. The lowest BCUT2D eigenvalue weighted by Crippen LogP contribution is -2.32. The molecule has 2 rings (SSSR count). The number of thioether (sulfide) groups is 1. The fourth-order valence-corrected chi connectivity index (χ4v) is 3.80. The van der Waals surface area contributed by atoms with Gasteiger partial charge in [0.25, 0.3) is 0 Å². The van der Waals surface area contributed by atoms with Crippen molar-refractivity contribution in [2.24, 2.45) is 0 Å². The second-order valence-electron chi connectivity index (χ2n) is 4.72. The van der Waals surface area contributed by atoms with Crippen LogP contribution in [0.5, 0.6) is 0 Å². The van der Waals surface area contributed by atoms with E-state index in [9.17, 15) is 4.39 Å². The maximum Gasteiger partial charge on any atom is 0.137 e. The normalized spacial score (nSPS) is 24.2. The summed E-state index contributed by atoms with van der Waals surface area (Å²) in [7, 11) is 0. The standard InChI is InChI=1S/C13H17BrFNS/c1-13(6-3-7-17-13)9-16-8-10-4-2-5-11(15)12(10)14/h2,4-5,16H,3,6-9H2,1H3. The molecule has 0 aliphatic carbocycles. The van der Waals surface area contributed by atoms with E-state index in [1.807, 2.05) is 17.8 Å². The van der Waals surface area contributed by atoms with E-state index in [4.69, 9.17) is 0 Å². The van der Waals surface area contributed by atoms with Gasteiger partial charge in [-0.1, -0.05) is 12.1 Å². The van der Waals surface area contributed by atoms with Crippen LogP contribution in [0.15, 0.2) is 22.7 Å². The maximum absolute atomic E-state index is 13.3. The second kappa shape index (κ2) is 5.72. The van der Waals surface area contributed by atoms with Gasteiger partial charge < -0.3 is 5.32 Å². The van der Waals surface area contributed by atoms with Crippen molar-refractivity contribution in [2.75, 3.05) is 12.3 Å². The zero-order valence-corrected chi connectivity index (χ0v) is 12.3. The Morgan fingerprint density at radius 1 is 1.53 bits per heavy atom. The fourth-order valence-electron chi connectivity index (χ4n) is 2.12. The van der Waals surface area contributed by atoms with Gasteiger partial charge in [-0.15, -0.1) is 0 Å². The highest BCUT2D eigenvalue weighted by atomic mass is 79.9. The molecule has 0 spiro atoms. The minimum atomic E-state index is -0.189. The molecule has 1 aliphatic heterocycles. The number of halogens is 2. The lowest BCUT2D eigenvalue weighted by Gasteiger charge is -2.23. The number of nitrogens with one attached hydrogen (secondary N) is 1. The Morgan fingerprint density at radius 2 is 2.35 bits per heavy atom. The van der Waals surface area contributed by atoms with E-state index in [2.05, 4.69) is 28.2 Å². The van der Waals surface area contributed by atoms with Crippen molar-refractivity contribution in [1.82, 2.24) is 5.32 Å². The summed E-state index contributed by atoms with van der Waals surface area (Å²) in [5.74, 6) is 1.08. The summed E-state index contributed by atoms with van der Waals surface area (Å²) in [4.78, 5) is 0. The predicted octanol–water partition coefficient (Wildman–Crippen LogP) is 3.96. The van der Waals surface area contributed by atoms with E-state index < -0.39 is 0 Å². The molecule has 94 valence electrons. The molecule has 1 atom stereocenters. The van der Waals surface area contributed by atoms with Gasteiger partial charge in [0.05, 0.1) is 4.47 Å². The first-order valence-electron chi connectivity index (χ1n) is 5.88. The van der Waals surface area contributed by atoms with Gasteiger partial charge in [0.2, 0.25) is 0 Å². The predicted molar refractivity (Wildman–Crippen MR) is 75.9 cm³/mol. The average Bonchev–Trinajstić information content (AvgIpc) is 2.72. The Labute approximate surface area is 115 Å². The lowest BCUT2D eigenvalue weighted by molar-refractivity contribution is 0.534. The van der Waals surface area contributed by atoms with Gasteiger partial charge in [-0.3, -0.25) is 0 Å². The fraction of sp³-hybridized carbons (Fsp3) is 0.538. The molecule has 4 heteroatoms. The third kappa shape index (κ3) is 3.46. The van der Waals surface area contributed by atoms with Crippen molar-refractivity contribution in [3.05, 3.63) is 34.1 Å². The van der Waals surface area contributed by atoms with Gasteiger partial charge in [0.1, 0.15) is 5.82 Å². The topological polar surface area (TPSA) is 12.0 Å². The summed E-state index contributed by atoms with van der Waals surface area (Å²) < 4.78 is 14.2. The molecule has 0 saturated carbocycles. The van der Waals surface area contributed by atoms with Crippen LogP contribution in [0.2, 0.25) is 0 Å². The highest BCUT2D eigenvalue weighted by Gasteiger charge is 2.28. The van der Waals surface area contributed by atoms with E-state index >= 15 is 0 Å². The van der Waals surface area contributed by atoms with Gasteiger partial charge in [-0.2, -0.15) is 11.8 Å². The van der Waals surface area contributed by atoms with Crippen molar-refractivity contribution in [1.29, 1.82) is 0 Å². The lowest BCUT2D eigenvalue weighted by atomic mass is 10.1. The number of rotatable bonds is 4. The molecular formula is C13H17BrFNS. The summed E-state index contributed by atoms with van der Waals surface area (Å²) in [6.45, 7) is 4.01. The molecule has 0 aromatic heterocycles. The molecule has 1 unspecified atom stereocenters. The van der Waals surface area contributed by atoms with Crippen LogP contribution in [-0.4, -0.2) is 17.0 Å². The van der Waals surface area contributed by atoms with Crippen molar-refractivity contribution < 1.29 is 4.39 Å². The molecule has 1 N–H and O–H groups in total. The van der Waals surface area contributed by atoms with E-state index in [1.165, 1.54) is 24.7 Å². The first-order valence-corrected chi connectivity index (χ1v) is 7.66. The van der Waals surface area contributed by atoms with Crippen LogP contribution in [-0.2, 0) is 6.54 Å². The van der Waals surface area contributed by atoms with Crippen LogP contribution in [0.3, 0.4) is 0 Å². The largest absolute Gasteiger partial charge is 0.311 e. The van der Waals surface area contributed by atoms with Crippen LogP contribution in [0.4, 0.5) is 4.39 Å². The molecule has 1 nitrogen and oxygen atoms in total. The Morgan fingerprint density at radius 3 is 3.06 bits per heavy atom. The molecule has 1 aromatic rings. The number of hydrogen-bond acceptors (Lipinski definition) is 2. The van der Waals surface area contributed by atoms with E-state index in [1.54, 1.807) is 6.07 Å². The quantitative estimate of drug-likeness (QED) is 0.902. The Kier molecular flexibility index (Phi) is 4.50. The second-order valence-corrected chi connectivity index (χ2v) is 7.19. The number of hydrogen-bond donors (Lipinski definition) is 1. The van der Waals surface area contributed by atoms with Crippen LogP contribution < -0.4 is 5.32 Å². The zero-order chi connectivity index (χ0) is 12.3. The monoisotopic (exact) mass is 317 g/mol. The van der Waals surface area contributed by atoms with Crippen LogP contribution in [0, 0.1) is 5.82 Å². The summed E-state index contributed by atoms with van der Waals surface area (Å²) >= 11 is 5.33. The molecule has 0 bridgehead atoms. The first kappa shape index (κ1) is 13.4. The van der Waals surface area contributed by atoms with Gasteiger partial charge >= 0.3 is 0 Å². The average molecular weight is 318 g/mol. The Balaban J connectivity index is 1.88. The third-order valence-electron chi connectivity index (χ3n) is 3.15. The molecule has 1 aromatic carbocycles. The van der Waals surface area contributed by atoms with E-state index in [0.717, 1.165) is 12.1 Å². The summed E-state index contributed by atoms with van der Waals surface area (Å²) in [6, 6.07) is 5.18. The van der Waals surface area contributed by atoms with E-state index in [0.29, 0.717) is 15.8 Å². The SMILES string of the molecule is CC1(CNCc2cccc(F)c2Br)CCCS1. The summed E-state index contributed by atoms with van der Waals surface area (Å²) in [5.41, 5.74) is 0.983. The van der Waals surface area contributed by atoms with Crippen molar-refractivity contribution in [3.8, 4) is 0 Å². The minimum Gasteiger partial charge on any atom is -0.311 e. The first-order chi connectivity index (χ1) is 8.11. The molecule has 0 amide bonds. The number of benzene rings is 1. The van der Waals surface area contributed by atoms with Crippen molar-refractivity contribution in [2.45, 2.75) is 31.1 Å². The van der Waals surface area contributed by atoms with Gasteiger partial charge in [0, 0.05) is 17.8 Å². The van der Waals surface area contributed by atoms with Crippen molar-refractivity contribution in [3.63, 3.8) is 0 Å².